The van der Waals surface area contributed by atoms with E-state index in [-0.39, 0.29) is 11.9 Å². The Balaban J connectivity index is 2.31. The Morgan fingerprint density at radius 1 is 1.35 bits per heavy atom. The summed E-state index contributed by atoms with van der Waals surface area (Å²) in [5.74, 6) is 5.44. The molecular weight excluding hydrogens is 255 g/mol. The van der Waals surface area contributed by atoms with Gasteiger partial charge in [-0.1, -0.05) is 12.1 Å². The number of nitrogens with one attached hydrogen (secondary N) is 1. The van der Waals surface area contributed by atoms with Crippen molar-refractivity contribution in [2.45, 2.75) is 33.2 Å². The summed E-state index contributed by atoms with van der Waals surface area (Å²) in [7, 11) is 1.92. The minimum atomic E-state index is -0.206. The molecule has 0 saturated heterocycles. The topological polar surface area (TPSA) is 55.9 Å². The lowest BCUT2D eigenvalue weighted by molar-refractivity contribution is 0.541. The van der Waals surface area contributed by atoms with Crippen LogP contribution in [-0.4, -0.2) is 9.78 Å². The first-order valence-corrected chi connectivity index (χ1v) is 6.65. The second kappa shape index (κ2) is 5.73. The van der Waals surface area contributed by atoms with Gasteiger partial charge in [0.25, 0.3) is 0 Å². The SMILES string of the molecule is Cc1ccc(C(Cc2c(C)nn(C)c2C)NN)cc1F. The Hall–Kier alpha value is -1.72. The van der Waals surface area contributed by atoms with Crippen molar-refractivity contribution in [2.75, 3.05) is 0 Å². The third kappa shape index (κ3) is 2.73. The van der Waals surface area contributed by atoms with Crippen LogP contribution in [0.1, 0.15) is 34.1 Å². The molecule has 0 bridgehead atoms. The van der Waals surface area contributed by atoms with Gasteiger partial charge in [0.2, 0.25) is 0 Å². The molecule has 4 nitrogen and oxygen atoms in total. The summed E-state index contributed by atoms with van der Waals surface area (Å²) in [5, 5.41) is 4.40. The molecule has 0 spiro atoms. The highest BCUT2D eigenvalue weighted by Gasteiger charge is 2.17. The zero-order valence-corrected chi connectivity index (χ0v) is 12.4. The largest absolute Gasteiger partial charge is 0.272 e. The lowest BCUT2D eigenvalue weighted by atomic mass is 9.97. The van der Waals surface area contributed by atoms with Crippen LogP contribution in [0.5, 0.6) is 0 Å². The molecular formula is C15H21FN4. The average Bonchev–Trinajstić information content (AvgIpc) is 2.65. The molecule has 0 aliphatic carbocycles. The summed E-state index contributed by atoms with van der Waals surface area (Å²) >= 11 is 0. The molecule has 0 amide bonds. The maximum atomic E-state index is 13.7. The molecule has 1 heterocycles. The lowest BCUT2D eigenvalue weighted by Crippen LogP contribution is -2.30. The number of aryl methyl sites for hydroxylation is 3. The second-order valence-corrected chi connectivity index (χ2v) is 5.20. The van der Waals surface area contributed by atoms with E-state index in [9.17, 15) is 4.39 Å². The molecule has 1 atom stereocenters. The smallest absolute Gasteiger partial charge is 0.126 e. The van der Waals surface area contributed by atoms with Crippen LogP contribution < -0.4 is 11.3 Å². The highest BCUT2D eigenvalue weighted by molar-refractivity contribution is 5.30. The zero-order valence-electron chi connectivity index (χ0n) is 12.4. The molecule has 1 aromatic carbocycles. The lowest BCUT2D eigenvalue weighted by Gasteiger charge is -2.17. The first-order chi connectivity index (χ1) is 9.43. The number of nitrogens with zero attached hydrogens (tertiary/aromatic N) is 2. The standard InChI is InChI=1S/C15H21FN4/c1-9-5-6-12(7-14(9)16)15(18-17)8-13-10(2)19-20(4)11(13)3/h5-7,15,18H,8,17H2,1-4H3. The van der Waals surface area contributed by atoms with Gasteiger partial charge < -0.3 is 0 Å². The van der Waals surface area contributed by atoms with E-state index in [0.29, 0.717) is 12.0 Å². The van der Waals surface area contributed by atoms with Crippen LogP contribution in [0.25, 0.3) is 0 Å². The van der Waals surface area contributed by atoms with Crippen molar-refractivity contribution >= 4 is 0 Å². The van der Waals surface area contributed by atoms with Crippen LogP contribution >= 0.6 is 0 Å². The molecule has 1 aromatic heterocycles. The van der Waals surface area contributed by atoms with E-state index in [0.717, 1.165) is 22.5 Å². The van der Waals surface area contributed by atoms with Crippen LogP contribution in [0.2, 0.25) is 0 Å². The van der Waals surface area contributed by atoms with Crippen molar-refractivity contribution < 1.29 is 4.39 Å². The fourth-order valence-corrected chi connectivity index (χ4v) is 2.42. The number of hydrazine groups is 1. The van der Waals surface area contributed by atoms with Crippen LogP contribution in [0.4, 0.5) is 4.39 Å². The maximum Gasteiger partial charge on any atom is 0.126 e. The van der Waals surface area contributed by atoms with Gasteiger partial charge in [-0.25, -0.2) is 4.39 Å². The molecule has 0 fully saturated rings. The van der Waals surface area contributed by atoms with Crippen molar-refractivity contribution in [3.05, 3.63) is 52.1 Å². The predicted molar refractivity (Wildman–Crippen MR) is 77.6 cm³/mol. The van der Waals surface area contributed by atoms with E-state index >= 15 is 0 Å². The summed E-state index contributed by atoms with van der Waals surface area (Å²) < 4.78 is 15.5. The third-order valence-electron chi connectivity index (χ3n) is 3.87. The molecule has 2 rings (SSSR count). The van der Waals surface area contributed by atoms with Crippen molar-refractivity contribution in [1.29, 1.82) is 0 Å². The fraction of sp³-hybridized carbons (Fsp3) is 0.400. The molecule has 0 radical (unpaired) electrons. The van der Waals surface area contributed by atoms with Gasteiger partial charge in [-0.2, -0.15) is 5.10 Å². The Morgan fingerprint density at radius 2 is 2.05 bits per heavy atom. The highest BCUT2D eigenvalue weighted by Crippen LogP contribution is 2.23. The van der Waals surface area contributed by atoms with Crippen LogP contribution in [0.15, 0.2) is 18.2 Å². The number of nitrogens with two attached hydrogens (primary N) is 1. The molecule has 3 N–H and O–H groups in total. The predicted octanol–water partition coefficient (Wildman–Crippen LogP) is 2.23. The molecule has 1 unspecified atom stereocenters. The minimum Gasteiger partial charge on any atom is -0.272 e. The maximum absolute atomic E-state index is 13.7. The van der Waals surface area contributed by atoms with Gasteiger partial charge in [-0.05, 0) is 49.9 Å². The van der Waals surface area contributed by atoms with Crippen molar-refractivity contribution in [3.63, 3.8) is 0 Å². The van der Waals surface area contributed by atoms with E-state index in [2.05, 4.69) is 10.5 Å². The zero-order chi connectivity index (χ0) is 14.9. The normalized spacial score (nSPS) is 12.7. The molecule has 108 valence electrons. The van der Waals surface area contributed by atoms with Crippen LogP contribution in [0.3, 0.4) is 0 Å². The van der Waals surface area contributed by atoms with Gasteiger partial charge >= 0.3 is 0 Å². The number of benzene rings is 1. The number of hydrogen-bond donors (Lipinski definition) is 2. The number of rotatable bonds is 4. The van der Waals surface area contributed by atoms with Gasteiger partial charge in [0, 0.05) is 12.7 Å². The molecule has 0 aliphatic rings. The van der Waals surface area contributed by atoms with Gasteiger partial charge in [0.15, 0.2) is 0 Å². The van der Waals surface area contributed by atoms with E-state index < -0.39 is 0 Å². The molecule has 5 heteroatoms. The van der Waals surface area contributed by atoms with Crippen molar-refractivity contribution in [3.8, 4) is 0 Å². The molecule has 0 saturated carbocycles. The number of halogens is 1. The van der Waals surface area contributed by atoms with Gasteiger partial charge in [-0.3, -0.25) is 16.0 Å². The molecule has 20 heavy (non-hydrogen) atoms. The summed E-state index contributed by atoms with van der Waals surface area (Å²) in [6.45, 7) is 5.75. The fourth-order valence-electron chi connectivity index (χ4n) is 2.42. The average molecular weight is 276 g/mol. The second-order valence-electron chi connectivity index (χ2n) is 5.20. The van der Waals surface area contributed by atoms with Crippen LogP contribution in [0, 0.1) is 26.6 Å². The Bertz CT molecular complexity index is 619. The Labute approximate surface area is 118 Å². The van der Waals surface area contributed by atoms with E-state index in [1.807, 2.05) is 31.6 Å². The molecule has 0 aliphatic heterocycles. The van der Waals surface area contributed by atoms with E-state index in [1.165, 1.54) is 0 Å². The van der Waals surface area contributed by atoms with Gasteiger partial charge in [0.1, 0.15) is 5.82 Å². The van der Waals surface area contributed by atoms with Crippen molar-refractivity contribution in [1.82, 2.24) is 15.2 Å². The van der Waals surface area contributed by atoms with E-state index in [4.69, 9.17) is 5.84 Å². The number of aromatic nitrogens is 2. The minimum absolute atomic E-state index is 0.133. The monoisotopic (exact) mass is 276 g/mol. The molecule has 2 aromatic rings. The first-order valence-electron chi connectivity index (χ1n) is 6.65. The summed E-state index contributed by atoms with van der Waals surface area (Å²) in [6.07, 6.45) is 0.685. The van der Waals surface area contributed by atoms with Crippen molar-refractivity contribution in [2.24, 2.45) is 12.9 Å². The Morgan fingerprint density at radius 3 is 2.55 bits per heavy atom. The quantitative estimate of drug-likeness (QED) is 0.665. The van der Waals surface area contributed by atoms with E-state index in [1.54, 1.807) is 19.1 Å². The summed E-state index contributed by atoms with van der Waals surface area (Å²) in [4.78, 5) is 0. The summed E-state index contributed by atoms with van der Waals surface area (Å²) in [6, 6.07) is 5.09. The highest BCUT2D eigenvalue weighted by atomic mass is 19.1. The summed E-state index contributed by atoms with van der Waals surface area (Å²) in [5.41, 5.74) is 7.50. The van der Waals surface area contributed by atoms with Gasteiger partial charge in [-0.15, -0.1) is 0 Å². The van der Waals surface area contributed by atoms with Gasteiger partial charge in [0.05, 0.1) is 11.7 Å². The first kappa shape index (κ1) is 14.7. The Kier molecular flexibility index (Phi) is 4.20. The number of hydrogen-bond acceptors (Lipinski definition) is 3. The van der Waals surface area contributed by atoms with Crippen LogP contribution in [-0.2, 0) is 13.5 Å². The third-order valence-corrected chi connectivity index (χ3v) is 3.87.